The number of hydrogen-bond donors (Lipinski definition) is 1. The van der Waals surface area contributed by atoms with Gasteiger partial charge in [0.1, 0.15) is 0 Å². The van der Waals surface area contributed by atoms with Crippen molar-refractivity contribution >= 4 is 35.6 Å². The molecule has 94 valence electrons. The van der Waals surface area contributed by atoms with Crippen LogP contribution in [0.3, 0.4) is 0 Å². The Hall–Kier alpha value is -0.970. The van der Waals surface area contributed by atoms with E-state index < -0.39 is 0 Å². The lowest BCUT2D eigenvalue weighted by Crippen LogP contribution is -2.40. The highest BCUT2D eigenvalue weighted by molar-refractivity contribution is 6.33. The fraction of sp³-hybridized carbons (Fsp3) is 0.364. The third-order valence-corrected chi connectivity index (χ3v) is 2.89. The molecule has 0 spiro atoms. The van der Waals surface area contributed by atoms with Gasteiger partial charge >= 0.3 is 0 Å². The number of carbonyl (C=O) groups is 1. The molecule has 6 heteroatoms. The van der Waals surface area contributed by atoms with E-state index in [-0.39, 0.29) is 18.3 Å². The zero-order valence-electron chi connectivity index (χ0n) is 9.19. The predicted molar refractivity (Wildman–Crippen MR) is 69.8 cm³/mol. The molecule has 4 nitrogen and oxygen atoms in total. The summed E-state index contributed by atoms with van der Waals surface area (Å²) in [7, 11) is 0. The van der Waals surface area contributed by atoms with E-state index in [1.165, 1.54) is 0 Å². The van der Waals surface area contributed by atoms with Gasteiger partial charge in [-0.1, -0.05) is 11.6 Å². The Morgan fingerprint density at radius 1 is 1.35 bits per heavy atom. The van der Waals surface area contributed by atoms with Gasteiger partial charge in [-0.15, -0.1) is 12.4 Å². The van der Waals surface area contributed by atoms with Crippen LogP contribution in [0.15, 0.2) is 18.2 Å². The van der Waals surface area contributed by atoms with Crippen molar-refractivity contribution in [2.45, 2.75) is 0 Å². The number of amides is 1. The smallest absolute Gasteiger partial charge is 0.254 e. The standard InChI is InChI=1S/C11H13ClN2O2.ClH/c12-9-2-1-8(7-10(9)13)11(15)14-3-5-16-6-4-14;/h1-2,7H,3-6,13H2;1H. The molecular formula is C11H14Cl2N2O2. The first-order valence-corrected chi connectivity index (χ1v) is 5.48. The minimum atomic E-state index is -0.0216. The fourth-order valence-corrected chi connectivity index (χ4v) is 1.74. The van der Waals surface area contributed by atoms with Gasteiger partial charge in [0.2, 0.25) is 0 Å². The lowest BCUT2D eigenvalue weighted by Gasteiger charge is -2.26. The van der Waals surface area contributed by atoms with Crippen LogP contribution in [0.25, 0.3) is 0 Å². The van der Waals surface area contributed by atoms with E-state index in [1.807, 2.05) is 0 Å². The van der Waals surface area contributed by atoms with Crippen molar-refractivity contribution < 1.29 is 9.53 Å². The Bertz CT molecular complexity index is 406. The molecule has 0 bridgehead atoms. The van der Waals surface area contributed by atoms with Crippen molar-refractivity contribution in [3.8, 4) is 0 Å². The summed E-state index contributed by atoms with van der Waals surface area (Å²) >= 11 is 5.80. The summed E-state index contributed by atoms with van der Waals surface area (Å²) in [4.78, 5) is 13.8. The van der Waals surface area contributed by atoms with Gasteiger partial charge in [-0.2, -0.15) is 0 Å². The number of carbonyl (C=O) groups excluding carboxylic acids is 1. The van der Waals surface area contributed by atoms with E-state index in [0.717, 1.165) is 0 Å². The van der Waals surface area contributed by atoms with Gasteiger partial charge < -0.3 is 15.4 Å². The van der Waals surface area contributed by atoms with Gasteiger partial charge in [0.15, 0.2) is 0 Å². The summed E-state index contributed by atoms with van der Waals surface area (Å²) in [6.07, 6.45) is 0. The first-order valence-electron chi connectivity index (χ1n) is 5.10. The third-order valence-electron chi connectivity index (χ3n) is 2.54. The highest BCUT2D eigenvalue weighted by Crippen LogP contribution is 2.20. The second-order valence-electron chi connectivity index (χ2n) is 3.64. The molecule has 2 rings (SSSR count). The number of nitrogens with zero attached hydrogens (tertiary/aromatic N) is 1. The molecule has 0 radical (unpaired) electrons. The maximum absolute atomic E-state index is 12.0. The van der Waals surface area contributed by atoms with Gasteiger partial charge in [-0.05, 0) is 18.2 Å². The van der Waals surface area contributed by atoms with Gasteiger partial charge in [-0.25, -0.2) is 0 Å². The van der Waals surface area contributed by atoms with Crippen LogP contribution in [0, 0.1) is 0 Å². The second kappa shape index (κ2) is 6.10. The molecule has 1 fully saturated rings. The van der Waals surface area contributed by atoms with Crippen LogP contribution >= 0.6 is 24.0 Å². The Balaban J connectivity index is 0.00000144. The van der Waals surface area contributed by atoms with Crippen molar-refractivity contribution in [1.29, 1.82) is 0 Å². The molecule has 0 aromatic heterocycles. The lowest BCUT2D eigenvalue weighted by atomic mass is 10.1. The van der Waals surface area contributed by atoms with Gasteiger partial charge in [0, 0.05) is 18.7 Å². The number of anilines is 1. The SMILES string of the molecule is Cl.Nc1cc(C(=O)N2CCOCC2)ccc1Cl. The zero-order chi connectivity index (χ0) is 11.5. The van der Waals surface area contributed by atoms with Gasteiger partial charge in [0.25, 0.3) is 5.91 Å². The molecule has 1 heterocycles. The molecule has 1 aromatic carbocycles. The van der Waals surface area contributed by atoms with Crippen LogP contribution < -0.4 is 5.73 Å². The summed E-state index contributed by atoms with van der Waals surface area (Å²) in [5.41, 5.74) is 6.66. The minimum absolute atomic E-state index is 0. The number of nitrogen functional groups attached to an aromatic ring is 1. The van der Waals surface area contributed by atoms with E-state index >= 15 is 0 Å². The Morgan fingerprint density at radius 3 is 2.59 bits per heavy atom. The maximum atomic E-state index is 12.0. The van der Waals surface area contributed by atoms with Crippen LogP contribution in [0.1, 0.15) is 10.4 Å². The predicted octanol–water partition coefficient (Wildman–Crippen LogP) is 1.82. The number of halogens is 2. The minimum Gasteiger partial charge on any atom is -0.398 e. The molecule has 0 aliphatic carbocycles. The van der Waals surface area contributed by atoms with Crippen LogP contribution in [-0.4, -0.2) is 37.1 Å². The Labute approximate surface area is 111 Å². The van der Waals surface area contributed by atoms with Crippen LogP contribution in [0.5, 0.6) is 0 Å². The molecule has 0 atom stereocenters. The van der Waals surface area contributed by atoms with Crippen molar-refractivity contribution in [2.75, 3.05) is 32.0 Å². The van der Waals surface area contributed by atoms with Crippen LogP contribution in [0.4, 0.5) is 5.69 Å². The normalized spacial score (nSPS) is 15.2. The molecule has 0 unspecified atom stereocenters. The summed E-state index contributed by atoms with van der Waals surface area (Å²) < 4.78 is 5.19. The number of benzene rings is 1. The first-order chi connectivity index (χ1) is 7.68. The summed E-state index contributed by atoms with van der Waals surface area (Å²) in [6.45, 7) is 2.44. The van der Waals surface area contributed by atoms with Crippen molar-refractivity contribution in [3.05, 3.63) is 28.8 Å². The van der Waals surface area contributed by atoms with Crippen molar-refractivity contribution in [3.63, 3.8) is 0 Å². The summed E-state index contributed by atoms with van der Waals surface area (Å²) in [5, 5.41) is 0.471. The molecule has 2 N–H and O–H groups in total. The molecule has 1 saturated heterocycles. The molecule has 0 saturated carbocycles. The summed E-state index contributed by atoms with van der Waals surface area (Å²) in [5.74, 6) is -0.0216. The second-order valence-corrected chi connectivity index (χ2v) is 4.05. The van der Waals surface area contributed by atoms with E-state index in [2.05, 4.69) is 0 Å². The van der Waals surface area contributed by atoms with Crippen LogP contribution in [-0.2, 0) is 4.74 Å². The van der Waals surface area contributed by atoms with E-state index in [0.29, 0.717) is 42.6 Å². The number of ether oxygens (including phenoxy) is 1. The Morgan fingerprint density at radius 2 is 2.00 bits per heavy atom. The molecule has 1 aromatic rings. The lowest BCUT2D eigenvalue weighted by molar-refractivity contribution is 0.0303. The first kappa shape index (κ1) is 14.1. The van der Waals surface area contributed by atoms with Gasteiger partial charge in [0.05, 0.1) is 23.9 Å². The quantitative estimate of drug-likeness (QED) is 0.796. The van der Waals surface area contributed by atoms with Crippen LogP contribution in [0.2, 0.25) is 5.02 Å². The Kier molecular flexibility index (Phi) is 5.05. The van der Waals surface area contributed by atoms with E-state index in [1.54, 1.807) is 23.1 Å². The molecule has 1 aliphatic heterocycles. The average molecular weight is 277 g/mol. The number of hydrogen-bond acceptors (Lipinski definition) is 3. The fourth-order valence-electron chi connectivity index (χ4n) is 1.63. The third kappa shape index (κ3) is 3.25. The van der Waals surface area contributed by atoms with E-state index in [9.17, 15) is 4.79 Å². The molecule has 1 aliphatic rings. The summed E-state index contributed by atoms with van der Waals surface area (Å²) in [6, 6.07) is 4.95. The monoisotopic (exact) mass is 276 g/mol. The average Bonchev–Trinajstić information content (AvgIpc) is 2.33. The largest absolute Gasteiger partial charge is 0.398 e. The molecule has 17 heavy (non-hydrogen) atoms. The number of morpholine rings is 1. The number of rotatable bonds is 1. The zero-order valence-corrected chi connectivity index (χ0v) is 10.8. The maximum Gasteiger partial charge on any atom is 0.254 e. The highest BCUT2D eigenvalue weighted by Gasteiger charge is 2.18. The topological polar surface area (TPSA) is 55.6 Å². The molecule has 1 amide bonds. The number of nitrogens with two attached hydrogens (primary N) is 1. The van der Waals surface area contributed by atoms with Crippen molar-refractivity contribution in [1.82, 2.24) is 4.90 Å². The van der Waals surface area contributed by atoms with E-state index in [4.69, 9.17) is 22.1 Å². The highest BCUT2D eigenvalue weighted by atomic mass is 35.5. The molecular weight excluding hydrogens is 263 g/mol. The van der Waals surface area contributed by atoms with Gasteiger partial charge in [-0.3, -0.25) is 4.79 Å². The van der Waals surface area contributed by atoms with Crippen molar-refractivity contribution in [2.24, 2.45) is 0 Å².